The van der Waals surface area contributed by atoms with Gasteiger partial charge in [0.15, 0.2) is 5.17 Å². The third-order valence-electron chi connectivity index (χ3n) is 2.98. The van der Waals surface area contributed by atoms with Crippen molar-refractivity contribution in [1.29, 1.82) is 0 Å². The number of amides is 2. The quantitative estimate of drug-likeness (QED) is 0.493. The molecule has 1 heterocycles. The van der Waals surface area contributed by atoms with E-state index >= 15 is 0 Å². The van der Waals surface area contributed by atoms with E-state index < -0.39 is 39.6 Å². The molecule has 1 saturated heterocycles. The Morgan fingerprint density at radius 2 is 1.96 bits per heavy atom. The van der Waals surface area contributed by atoms with Crippen LogP contribution in [-0.4, -0.2) is 48.3 Å². The molecule has 1 fully saturated rings. The van der Waals surface area contributed by atoms with Crippen LogP contribution in [0, 0.1) is 0 Å². The van der Waals surface area contributed by atoms with Gasteiger partial charge in [-0.15, -0.1) is 0 Å². The zero-order chi connectivity index (χ0) is 18.6. The molecule has 0 bridgehead atoms. The molecule has 12 heteroatoms. The molecule has 25 heavy (non-hydrogen) atoms. The lowest BCUT2D eigenvalue weighted by molar-refractivity contribution is -0.137. The van der Waals surface area contributed by atoms with E-state index in [1.165, 1.54) is 24.3 Å². The minimum atomic E-state index is -3.80. The van der Waals surface area contributed by atoms with Crippen molar-refractivity contribution in [2.45, 2.75) is 16.6 Å². The predicted octanol–water partition coefficient (Wildman–Crippen LogP) is -0.856. The van der Waals surface area contributed by atoms with Crippen molar-refractivity contribution in [3.05, 3.63) is 24.3 Å². The Kier molecular flexibility index (Phi) is 5.77. The molecule has 1 aromatic carbocycles. The number of carboxylic acid groups (broad SMARTS) is 1. The van der Waals surface area contributed by atoms with Crippen LogP contribution in [0.15, 0.2) is 34.2 Å². The number of hydrogen-bond donors (Lipinski definition) is 4. The van der Waals surface area contributed by atoms with Crippen LogP contribution in [0.25, 0.3) is 0 Å². The Labute approximate surface area is 146 Å². The molecule has 2 amide bonds. The summed E-state index contributed by atoms with van der Waals surface area (Å²) in [6.07, 6.45) is -0.187. The van der Waals surface area contributed by atoms with Gasteiger partial charge in [0.05, 0.1) is 10.6 Å². The highest BCUT2D eigenvalue weighted by Crippen LogP contribution is 2.25. The Hall–Kier alpha value is -2.44. The number of hydrogen-bond acceptors (Lipinski definition) is 7. The number of rotatable bonds is 6. The fourth-order valence-corrected chi connectivity index (χ4v) is 3.34. The molecule has 134 valence electrons. The van der Waals surface area contributed by atoms with Gasteiger partial charge >= 0.3 is 5.97 Å². The van der Waals surface area contributed by atoms with Crippen LogP contribution in [0.4, 0.5) is 5.69 Å². The van der Waals surface area contributed by atoms with E-state index in [0.717, 1.165) is 11.8 Å². The van der Waals surface area contributed by atoms with Crippen LogP contribution in [-0.2, 0) is 24.4 Å². The summed E-state index contributed by atoms with van der Waals surface area (Å²) in [5, 5.41) is 17.7. The highest BCUT2D eigenvalue weighted by molar-refractivity contribution is 8.15. The summed E-state index contributed by atoms with van der Waals surface area (Å²) in [5.74, 6) is -2.16. The average molecular weight is 386 g/mol. The first-order valence-corrected chi connectivity index (χ1v) is 9.25. The molecule has 2 rings (SSSR count). The van der Waals surface area contributed by atoms with Crippen LogP contribution in [0.5, 0.6) is 0 Å². The Balaban J connectivity index is 2.00. The molecule has 0 aromatic heterocycles. The number of nitrogens with zero attached hydrogens (tertiary/aromatic N) is 1. The standard InChI is InChI=1S/C13H14N4O6S2/c14-25(22,23)8-3-1-7(2-4-8)16-13-17-12(21)9(24-13)5-10(18)15-6-11(19)20/h1-4,9H,5-6H2,(H,15,18)(H,19,20)(H2,14,22,23)(H,16,17,21)/t9-/m1/s1. The van der Waals surface area contributed by atoms with Crippen molar-refractivity contribution in [3.8, 4) is 0 Å². The number of benzene rings is 1. The lowest BCUT2D eigenvalue weighted by Crippen LogP contribution is -2.33. The second-order valence-electron chi connectivity index (χ2n) is 4.93. The van der Waals surface area contributed by atoms with E-state index in [0.29, 0.717) is 5.69 Å². The number of carbonyl (C=O) groups excluding carboxylic acids is 2. The third-order valence-corrected chi connectivity index (χ3v) is 4.99. The van der Waals surface area contributed by atoms with Gasteiger partial charge in [-0.1, -0.05) is 11.8 Å². The summed E-state index contributed by atoms with van der Waals surface area (Å²) < 4.78 is 22.4. The average Bonchev–Trinajstić information content (AvgIpc) is 2.84. The molecule has 0 saturated carbocycles. The van der Waals surface area contributed by atoms with E-state index in [9.17, 15) is 22.8 Å². The predicted molar refractivity (Wildman–Crippen MR) is 89.7 cm³/mol. The first kappa shape index (κ1) is 18.9. The molecule has 0 radical (unpaired) electrons. The SMILES string of the molecule is NS(=O)(=O)c1ccc(N=C2NC(=O)[C@@H](CC(=O)NCC(=O)O)S2)cc1. The summed E-state index contributed by atoms with van der Waals surface area (Å²) >= 11 is 1.02. The van der Waals surface area contributed by atoms with E-state index in [1.54, 1.807) is 0 Å². The van der Waals surface area contributed by atoms with Gasteiger partial charge in [0.1, 0.15) is 11.8 Å². The fourth-order valence-electron chi connectivity index (χ4n) is 1.83. The number of amidine groups is 1. The van der Waals surface area contributed by atoms with Crippen LogP contribution >= 0.6 is 11.8 Å². The molecule has 0 aliphatic carbocycles. The maximum Gasteiger partial charge on any atom is 0.322 e. The summed E-state index contributed by atoms with van der Waals surface area (Å²) in [7, 11) is -3.80. The van der Waals surface area contributed by atoms with Gasteiger partial charge in [0, 0.05) is 6.42 Å². The first-order valence-electron chi connectivity index (χ1n) is 6.83. The van der Waals surface area contributed by atoms with Gasteiger partial charge in [-0.3, -0.25) is 14.4 Å². The molecule has 10 nitrogen and oxygen atoms in total. The Morgan fingerprint density at radius 1 is 1.32 bits per heavy atom. The number of thioether (sulfide) groups is 1. The zero-order valence-corrected chi connectivity index (χ0v) is 14.3. The van der Waals surface area contributed by atoms with Crippen LogP contribution in [0.3, 0.4) is 0 Å². The van der Waals surface area contributed by atoms with Gasteiger partial charge in [0.2, 0.25) is 21.8 Å². The lowest BCUT2D eigenvalue weighted by Gasteiger charge is -2.04. The number of primary sulfonamides is 1. The van der Waals surface area contributed by atoms with Gasteiger partial charge in [-0.2, -0.15) is 0 Å². The van der Waals surface area contributed by atoms with Crippen molar-refractivity contribution in [3.63, 3.8) is 0 Å². The second-order valence-corrected chi connectivity index (χ2v) is 7.68. The van der Waals surface area contributed by atoms with Gasteiger partial charge < -0.3 is 15.7 Å². The van der Waals surface area contributed by atoms with Crippen LogP contribution in [0.1, 0.15) is 6.42 Å². The molecule has 0 unspecified atom stereocenters. The fraction of sp³-hybridized carbons (Fsp3) is 0.231. The molecule has 5 N–H and O–H groups in total. The maximum absolute atomic E-state index is 11.8. The largest absolute Gasteiger partial charge is 0.480 e. The minimum Gasteiger partial charge on any atom is -0.480 e. The minimum absolute atomic E-state index is 0.0625. The maximum atomic E-state index is 11.8. The van der Waals surface area contributed by atoms with E-state index in [-0.39, 0.29) is 16.5 Å². The van der Waals surface area contributed by atoms with Crippen molar-refractivity contribution in [1.82, 2.24) is 10.6 Å². The van der Waals surface area contributed by atoms with E-state index in [1.807, 2.05) is 0 Å². The number of aliphatic imine (C=N–C) groups is 1. The highest BCUT2D eigenvalue weighted by Gasteiger charge is 2.32. The number of carbonyl (C=O) groups is 3. The van der Waals surface area contributed by atoms with E-state index in [2.05, 4.69) is 15.6 Å². The van der Waals surface area contributed by atoms with Gasteiger partial charge in [-0.25, -0.2) is 18.5 Å². The van der Waals surface area contributed by atoms with Crippen molar-refractivity contribution in [2.75, 3.05) is 6.54 Å². The smallest absolute Gasteiger partial charge is 0.322 e. The zero-order valence-electron chi connectivity index (χ0n) is 12.6. The van der Waals surface area contributed by atoms with E-state index in [4.69, 9.17) is 10.2 Å². The number of nitrogens with one attached hydrogen (secondary N) is 2. The Bertz CT molecular complexity index is 835. The van der Waals surface area contributed by atoms with Crippen molar-refractivity contribution >= 4 is 50.4 Å². The molecule has 1 atom stereocenters. The van der Waals surface area contributed by atoms with Crippen molar-refractivity contribution < 1.29 is 27.9 Å². The molecule has 1 aliphatic rings. The highest BCUT2D eigenvalue weighted by atomic mass is 32.2. The molecule has 0 spiro atoms. The lowest BCUT2D eigenvalue weighted by atomic mass is 10.2. The van der Waals surface area contributed by atoms with Gasteiger partial charge in [-0.05, 0) is 24.3 Å². The first-order chi connectivity index (χ1) is 11.6. The summed E-state index contributed by atoms with van der Waals surface area (Å²) in [6, 6.07) is 5.42. The number of carboxylic acids is 1. The Morgan fingerprint density at radius 3 is 2.52 bits per heavy atom. The molecular formula is C13H14N4O6S2. The third kappa shape index (κ3) is 5.55. The molecular weight excluding hydrogens is 372 g/mol. The normalized spacial score (nSPS) is 18.8. The molecule has 1 aromatic rings. The summed E-state index contributed by atoms with van der Waals surface area (Å²) in [6.45, 7) is -0.519. The number of sulfonamides is 1. The molecule has 1 aliphatic heterocycles. The van der Waals surface area contributed by atoms with Crippen molar-refractivity contribution in [2.24, 2.45) is 10.1 Å². The topological polar surface area (TPSA) is 168 Å². The number of aliphatic carboxylic acids is 1. The summed E-state index contributed by atoms with van der Waals surface area (Å²) in [4.78, 5) is 37.9. The van der Waals surface area contributed by atoms with Gasteiger partial charge in [0.25, 0.3) is 0 Å². The summed E-state index contributed by atoms with van der Waals surface area (Å²) in [5.41, 5.74) is 0.395. The van der Waals surface area contributed by atoms with Crippen LogP contribution < -0.4 is 15.8 Å². The number of nitrogens with two attached hydrogens (primary N) is 1. The monoisotopic (exact) mass is 386 g/mol. The van der Waals surface area contributed by atoms with Crippen LogP contribution in [0.2, 0.25) is 0 Å². The second kappa shape index (κ2) is 7.63.